The van der Waals surface area contributed by atoms with Crippen LogP contribution in [0.2, 0.25) is 0 Å². The summed E-state index contributed by atoms with van der Waals surface area (Å²) in [5.41, 5.74) is 1.05. The Hall–Kier alpha value is -0.370. The van der Waals surface area contributed by atoms with Crippen molar-refractivity contribution in [2.45, 2.75) is 24.1 Å². The average molecular weight is 227 g/mol. The van der Waals surface area contributed by atoms with Gasteiger partial charge in [0.25, 0.3) is 0 Å². The zero-order valence-corrected chi connectivity index (χ0v) is 8.38. The highest BCUT2D eigenvalue weighted by molar-refractivity contribution is 9.09. The Morgan fingerprint density at radius 1 is 1.50 bits per heavy atom. The van der Waals surface area contributed by atoms with E-state index in [-0.39, 0.29) is 0 Å². The Kier molecular flexibility index (Phi) is 2.18. The van der Waals surface area contributed by atoms with Crippen LogP contribution in [0.15, 0.2) is 23.8 Å². The zero-order chi connectivity index (χ0) is 8.55. The van der Waals surface area contributed by atoms with Gasteiger partial charge in [-0.05, 0) is 24.3 Å². The highest BCUT2D eigenvalue weighted by Crippen LogP contribution is 2.35. The minimum atomic E-state index is 0.331. The van der Waals surface area contributed by atoms with Crippen molar-refractivity contribution >= 4 is 21.7 Å². The Morgan fingerprint density at radius 3 is 3.17 bits per heavy atom. The standard InChI is InChI=1S/C10H11BrO/c11-8-5-7-3-1-2-4-9(7)10(12)6-8/h1-2,4,7-8H,3,5-6H2. The number of hydrogen-bond acceptors (Lipinski definition) is 1. The summed E-state index contributed by atoms with van der Waals surface area (Å²) in [6.07, 6.45) is 8.96. The molecule has 64 valence electrons. The lowest BCUT2D eigenvalue weighted by molar-refractivity contribution is -0.116. The number of alkyl halides is 1. The van der Waals surface area contributed by atoms with Gasteiger partial charge < -0.3 is 0 Å². The molecule has 2 heteroatoms. The van der Waals surface area contributed by atoms with Crippen LogP contribution in [0.3, 0.4) is 0 Å². The van der Waals surface area contributed by atoms with Crippen molar-refractivity contribution in [1.82, 2.24) is 0 Å². The van der Waals surface area contributed by atoms with Gasteiger partial charge in [0.05, 0.1) is 0 Å². The molecule has 0 N–H and O–H groups in total. The lowest BCUT2D eigenvalue weighted by Gasteiger charge is -2.28. The fourth-order valence-electron chi connectivity index (χ4n) is 1.93. The smallest absolute Gasteiger partial charge is 0.160 e. The lowest BCUT2D eigenvalue weighted by atomic mass is 9.79. The van der Waals surface area contributed by atoms with Crippen LogP contribution in [0.25, 0.3) is 0 Å². The van der Waals surface area contributed by atoms with Gasteiger partial charge >= 0.3 is 0 Å². The number of allylic oxidation sites excluding steroid dienone is 4. The minimum Gasteiger partial charge on any atom is -0.295 e. The topological polar surface area (TPSA) is 17.1 Å². The largest absolute Gasteiger partial charge is 0.295 e. The Balaban J connectivity index is 2.24. The Morgan fingerprint density at radius 2 is 2.33 bits per heavy atom. The fraction of sp³-hybridized carbons (Fsp3) is 0.500. The molecule has 0 aliphatic heterocycles. The van der Waals surface area contributed by atoms with E-state index in [2.05, 4.69) is 22.0 Å². The fourth-order valence-corrected chi connectivity index (χ4v) is 2.68. The number of ketones is 1. The molecule has 0 spiro atoms. The monoisotopic (exact) mass is 226 g/mol. The van der Waals surface area contributed by atoms with E-state index in [9.17, 15) is 4.79 Å². The summed E-state index contributed by atoms with van der Waals surface area (Å²) in [5.74, 6) is 0.818. The van der Waals surface area contributed by atoms with Crippen LogP contribution in [-0.4, -0.2) is 10.6 Å². The molecule has 0 aromatic carbocycles. The van der Waals surface area contributed by atoms with Crippen LogP contribution in [0.5, 0.6) is 0 Å². The SMILES string of the molecule is O=C1CC(Br)CC2CC=CC=C12. The van der Waals surface area contributed by atoms with E-state index in [1.807, 2.05) is 12.2 Å². The van der Waals surface area contributed by atoms with Gasteiger partial charge in [0.2, 0.25) is 0 Å². The van der Waals surface area contributed by atoms with Gasteiger partial charge in [-0.25, -0.2) is 0 Å². The van der Waals surface area contributed by atoms with Crippen LogP contribution >= 0.6 is 15.9 Å². The zero-order valence-electron chi connectivity index (χ0n) is 6.79. The molecule has 2 aliphatic rings. The van der Waals surface area contributed by atoms with E-state index in [0.29, 0.717) is 22.9 Å². The summed E-state index contributed by atoms with van der Waals surface area (Å²) < 4.78 is 0. The number of hydrogen-bond donors (Lipinski definition) is 0. The van der Waals surface area contributed by atoms with Gasteiger partial charge in [-0.15, -0.1) is 0 Å². The van der Waals surface area contributed by atoms with Gasteiger partial charge in [0.1, 0.15) is 0 Å². The molecule has 1 saturated carbocycles. The molecule has 0 aromatic heterocycles. The highest BCUT2D eigenvalue weighted by Gasteiger charge is 2.30. The van der Waals surface area contributed by atoms with E-state index in [0.717, 1.165) is 18.4 Å². The Bertz CT molecular complexity index is 265. The van der Waals surface area contributed by atoms with Crippen molar-refractivity contribution in [2.24, 2.45) is 5.92 Å². The molecule has 2 rings (SSSR count). The van der Waals surface area contributed by atoms with Crippen molar-refractivity contribution in [3.63, 3.8) is 0 Å². The maximum absolute atomic E-state index is 11.5. The number of carbonyl (C=O) groups excluding carboxylic acids is 1. The molecule has 0 bridgehead atoms. The van der Waals surface area contributed by atoms with E-state index < -0.39 is 0 Å². The lowest BCUT2D eigenvalue weighted by Crippen LogP contribution is -2.26. The maximum Gasteiger partial charge on any atom is 0.160 e. The van der Waals surface area contributed by atoms with Gasteiger partial charge in [-0.1, -0.05) is 34.2 Å². The first kappa shape index (κ1) is 8.24. The number of carbonyl (C=O) groups is 1. The van der Waals surface area contributed by atoms with Crippen LogP contribution in [0.4, 0.5) is 0 Å². The first-order valence-electron chi connectivity index (χ1n) is 4.31. The van der Waals surface area contributed by atoms with Crippen molar-refractivity contribution < 1.29 is 4.79 Å². The molecular formula is C10H11BrO. The second-order valence-corrected chi connectivity index (χ2v) is 4.74. The molecule has 0 amide bonds. The van der Waals surface area contributed by atoms with Gasteiger partial charge in [0, 0.05) is 11.2 Å². The number of rotatable bonds is 0. The molecule has 2 aliphatic carbocycles. The van der Waals surface area contributed by atoms with Gasteiger partial charge in [0.15, 0.2) is 5.78 Å². The van der Waals surface area contributed by atoms with E-state index >= 15 is 0 Å². The van der Waals surface area contributed by atoms with Crippen LogP contribution in [0, 0.1) is 5.92 Å². The summed E-state index contributed by atoms with van der Waals surface area (Å²) in [5, 5.41) is 0. The first-order chi connectivity index (χ1) is 5.77. The average Bonchev–Trinajstić information content (AvgIpc) is 2.04. The van der Waals surface area contributed by atoms with Crippen LogP contribution in [0.1, 0.15) is 19.3 Å². The van der Waals surface area contributed by atoms with Crippen molar-refractivity contribution in [3.8, 4) is 0 Å². The molecule has 2 unspecified atom stereocenters. The number of fused-ring (bicyclic) bond motifs is 1. The van der Waals surface area contributed by atoms with Gasteiger partial charge in [-0.2, -0.15) is 0 Å². The third-order valence-electron chi connectivity index (χ3n) is 2.54. The summed E-state index contributed by atoms with van der Waals surface area (Å²) in [6, 6.07) is 0. The summed E-state index contributed by atoms with van der Waals surface area (Å²) >= 11 is 3.52. The van der Waals surface area contributed by atoms with E-state index in [1.54, 1.807) is 0 Å². The third kappa shape index (κ3) is 1.40. The van der Waals surface area contributed by atoms with Crippen LogP contribution < -0.4 is 0 Å². The molecule has 0 aromatic rings. The van der Waals surface area contributed by atoms with Gasteiger partial charge in [-0.3, -0.25) is 4.79 Å². The van der Waals surface area contributed by atoms with E-state index in [1.165, 1.54) is 0 Å². The normalized spacial score (nSPS) is 34.4. The number of Topliss-reactive ketones (excluding diaryl/α,β-unsaturated/α-hetero) is 1. The highest BCUT2D eigenvalue weighted by atomic mass is 79.9. The molecule has 2 atom stereocenters. The molecule has 0 radical (unpaired) electrons. The summed E-state index contributed by atoms with van der Waals surface area (Å²) in [6.45, 7) is 0. The summed E-state index contributed by atoms with van der Waals surface area (Å²) in [4.78, 5) is 11.9. The minimum absolute atomic E-state index is 0.331. The molecule has 1 nitrogen and oxygen atoms in total. The van der Waals surface area contributed by atoms with Crippen LogP contribution in [-0.2, 0) is 4.79 Å². The maximum atomic E-state index is 11.5. The molecule has 0 saturated heterocycles. The third-order valence-corrected chi connectivity index (χ3v) is 3.24. The quantitative estimate of drug-likeness (QED) is 0.581. The predicted octanol–water partition coefficient (Wildman–Crippen LogP) is 2.62. The molecule has 1 fully saturated rings. The second-order valence-electron chi connectivity index (χ2n) is 3.44. The van der Waals surface area contributed by atoms with Crippen molar-refractivity contribution in [1.29, 1.82) is 0 Å². The first-order valence-corrected chi connectivity index (χ1v) is 5.23. The van der Waals surface area contributed by atoms with Crippen molar-refractivity contribution in [2.75, 3.05) is 0 Å². The molecule has 0 heterocycles. The predicted molar refractivity (Wildman–Crippen MR) is 52.3 cm³/mol. The molecule has 12 heavy (non-hydrogen) atoms. The summed E-state index contributed by atoms with van der Waals surface area (Å²) in [7, 11) is 0. The van der Waals surface area contributed by atoms with E-state index in [4.69, 9.17) is 0 Å². The molecular weight excluding hydrogens is 216 g/mol. The number of halogens is 1. The second kappa shape index (κ2) is 3.17. The van der Waals surface area contributed by atoms with Crippen molar-refractivity contribution in [3.05, 3.63) is 23.8 Å². The Labute approximate surface area is 80.7 Å².